The molecule has 38 heavy (non-hydrogen) atoms. The Labute approximate surface area is 218 Å². The van der Waals surface area contributed by atoms with Gasteiger partial charge in [0.2, 0.25) is 0 Å². The van der Waals surface area contributed by atoms with Gasteiger partial charge in [0, 0.05) is 54.6 Å². The fourth-order valence-electron chi connectivity index (χ4n) is 4.97. The summed E-state index contributed by atoms with van der Waals surface area (Å²) in [5.41, 5.74) is 5.99. The van der Waals surface area contributed by atoms with Crippen molar-refractivity contribution in [1.29, 1.82) is 0 Å². The van der Waals surface area contributed by atoms with Crippen LogP contribution in [0.5, 0.6) is 11.5 Å². The molecule has 9 heteroatoms. The van der Waals surface area contributed by atoms with Crippen LogP contribution in [0, 0.1) is 20.8 Å². The zero-order valence-corrected chi connectivity index (χ0v) is 22.0. The number of ether oxygens (including phenoxy) is 2. The van der Waals surface area contributed by atoms with Crippen LogP contribution in [-0.4, -0.2) is 37.1 Å². The van der Waals surface area contributed by atoms with E-state index in [0.717, 1.165) is 39.4 Å². The average Bonchev–Trinajstić information content (AvgIpc) is 3.44. The van der Waals surface area contributed by atoms with Gasteiger partial charge in [-0.1, -0.05) is 18.2 Å². The lowest BCUT2D eigenvalue weighted by atomic mass is 10.0. The summed E-state index contributed by atoms with van der Waals surface area (Å²) < 4.78 is 16.7. The SMILES string of the molecule is Cc1cccc(C)c1Oc1cn(C)c(=O)cc1-c1cn(C)c(=O)c2[nH]c(-c3cn(C4COC4)nc3C)cc12. The second-order valence-electron chi connectivity index (χ2n) is 10.1. The molecule has 1 aliphatic rings. The van der Waals surface area contributed by atoms with Crippen LogP contribution in [0.1, 0.15) is 22.9 Å². The lowest BCUT2D eigenvalue weighted by molar-refractivity contribution is -0.0287. The molecule has 6 rings (SSSR count). The number of benzene rings is 1. The maximum Gasteiger partial charge on any atom is 0.274 e. The number of aryl methyl sites for hydroxylation is 5. The number of rotatable bonds is 5. The average molecular weight is 512 g/mol. The fourth-order valence-corrected chi connectivity index (χ4v) is 4.97. The van der Waals surface area contributed by atoms with Crippen LogP contribution in [0.2, 0.25) is 0 Å². The summed E-state index contributed by atoms with van der Waals surface area (Å²) in [5, 5.41) is 5.38. The molecule has 1 aliphatic heterocycles. The normalized spacial score (nSPS) is 13.7. The molecule has 0 radical (unpaired) electrons. The summed E-state index contributed by atoms with van der Waals surface area (Å²) in [7, 11) is 3.40. The fraction of sp³-hybridized carbons (Fsp3) is 0.276. The third-order valence-corrected chi connectivity index (χ3v) is 7.27. The molecule has 0 bridgehead atoms. The zero-order chi connectivity index (χ0) is 26.7. The first kappa shape index (κ1) is 24.0. The number of hydrogen-bond acceptors (Lipinski definition) is 5. The van der Waals surface area contributed by atoms with Gasteiger partial charge in [-0.25, -0.2) is 0 Å². The van der Waals surface area contributed by atoms with Crippen LogP contribution in [0.3, 0.4) is 0 Å². The van der Waals surface area contributed by atoms with Crippen LogP contribution in [0.4, 0.5) is 0 Å². The molecule has 0 unspecified atom stereocenters. The lowest BCUT2D eigenvalue weighted by Gasteiger charge is -2.25. The predicted octanol–water partition coefficient (Wildman–Crippen LogP) is 4.38. The second-order valence-corrected chi connectivity index (χ2v) is 10.1. The largest absolute Gasteiger partial charge is 0.455 e. The second kappa shape index (κ2) is 8.88. The highest BCUT2D eigenvalue weighted by atomic mass is 16.5. The van der Waals surface area contributed by atoms with E-state index in [2.05, 4.69) is 10.1 Å². The highest BCUT2D eigenvalue weighted by Gasteiger charge is 2.24. The summed E-state index contributed by atoms with van der Waals surface area (Å²) >= 11 is 0. The van der Waals surface area contributed by atoms with Gasteiger partial charge >= 0.3 is 0 Å². The first-order valence-electron chi connectivity index (χ1n) is 12.5. The highest BCUT2D eigenvalue weighted by Crippen LogP contribution is 2.39. The molecule has 1 N–H and O–H groups in total. The summed E-state index contributed by atoms with van der Waals surface area (Å²) in [4.78, 5) is 29.3. The Hall–Kier alpha value is -4.37. The number of pyridine rings is 2. The first-order chi connectivity index (χ1) is 18.2. The molecule has 0 spiro atoms. The minimum Gasteiger partial charge on any atom is -0.455 e. The third kappa shape index (κ3) is 3.86. The monoisotopic (exact) mass is 511 g/mol. The molecule has 1 fully saturated rings. The van der Waals surface area contributed by atoms with Gasteiger partial charge in [0.15, 0.2) is 5.75 Å². The maximum atomic E-state index is 13.2. The van der Waals surface area contributed by atoms with Gasteiger partial charge in [-0.2, -0.15) is 5.10 Å². The van der Waals surface area contributed by atoms with Crippen molar-refractivity contribution in [3.63, 3.8) is 0 Å². The van der Waals surface area contributed by atoms with Crippen molar-refractivity contribution in [2.24, 2.45) is 14.1 Å². The highest BCUT2D eigenvalue weighted by molar-refractivity contribution is 5.98. The van der Waals surface area contributed by atoms with E-state index < -0.39 is 0 Å². The molecule has 194 valence electrons. The number of aromatic amines is 1. The van der Waals surface area contributed by atoms with E-state index in [-0.39, 0.29) is 17.2 Å². The Morgan fingerprint density at radius 3 is 2.37 bits per heavy atom. The molecule has 1 aromatic carbocycles. The zero-order valence-electron chi connectivity index (χ0n) is 22.0. The molecule has 5 aromatic rings. The predicted molar refractivity (Wildman–Crippen MR) is 146 cm³/mol. The molecule has 0 aliphatic carbocycles. The number of nitrogens with one attached hydrogen (secondary N) is 1. The molecule has 4 aromatic heterocycles. The van der Waals surface area contributed by atoms with Gasteiger partial charge in [-0.05, 0) is 38.0 Å². The maximum absolute atomic E-state index is 13.2. The molecule has 5 heterocycles. The van der Waals surface area contributed by atoms with Gasteiger partial charge in [0.05, 0.1) is 36.8 Å². The van der Waals surface area contributed by atoms with E-state index in [0.29, 0.717) is 35.4 Å². The Morgan fingerprint density at radius 1 is 0.947 bits per heavy atom. The molecule has 0 atom stereocenters. The van der Waals surface area contributed by atoms with E-state index in [1.54, 1.807) is 32.6 Å². The van der Waals surface area contributed by atoms with Crippen molar-refractivity contribution >= 4 is 10.9 Å². The van der Waals surface area contributed by atoms with E-state index in [9.17, 15) is 9.59 Å². The summed E-state index contributed by atoms with van der Waals surface area (Å²) in [6, 6.07) is 9.71. The summed E-state index contributed by atoms with van der Waals surface area (Å²) in [5.74, 6) is 1.27. The van der Waals surface area contributed by atoms with Gasteiger partial charge < -0.3 is 23.6 Å². The molecule has 9 nitrogen and oxygen atoms in total. The Balaban J connectivity index is 1.55. The standard InChI is InChI=1S/C29H29N5O4/c1-16-7-6-8-17(2)28(16)38-25-13-32(4)26(35)10-20(25)23-11-33(5)29(36)27-21(23)9-24(30-27)22-12-34(31-18(22)3)19-14-37-15-19/h6-13,19,30H,14-15H2,1-5H3. The Kier molecular flexibility index (Phi) is 5.61. The lowest BCUT2D eigenvalue weighted by Crippen LogP contribution is -2.30. The van der Waals surface area contributed by atoms with Crippen LogP contribution in [-0.2, 0) is 18.8 Å². The van der Waals surface area contributed by atoms with Crippen molar-refractivity contribution in [3.05, 3.63) is 86.5 Å². The minimum absolute atomic E-state index is 0.159. The molecule has 0 saturated carbocycles. The third-order valence-electron chi connectivity index (χ3n) is 7.27. The summed E-state index contributed by atoms with van der Waals surface area (Å²) in [6.45, 7) is 7.22. The van der Waals surface area contributed by atoms with Gasteiger partial charge in [-0.15, -0.1) is 0 Å². The van der Waals surface area contributed by atoms with E-state index in [4.69, 9.17) is 9.47 Å². The first-order valence-corrected chi connectivity index (χ1v) is 12.5. The van der Waals surface area contributed by atoms with E-state index in [1.807, 2.05) is 55.9 Å². The molecule has 1 saturated heterocycles. The smallest absolute Gasteiger partial charge is 0.274 e. The number of fused-ring (bicyclic) bond motifs is 1. The van der Waals surface area contributed by atoms with Gasteiger partial charge in [0.1, 0.15) is 11.3 Å². The van der Waals surface area contributed by atoms with Crippen molar-refractivity contribution < 1.29 is 9.47 Å². The quantitative estimate of drug-likeness (QED) is 0.378. The Morgan fingerprint density at radius 2 is 1.68 bits per heavy atom. The molecular weight excluding hydrogens is 482 g/mol. The number of para-hydroxylation sites is 1. The van der Waals surface area contributed by atoms with E-state index in [1.165, 1.54) is 9.13 Å². The molecule has 0 amide bonds. The number of aromatic nitrogens is 5. The minimum atomic E-state index is -0.175. The van der Waals surface area contributed by atoms with Crippen molar-refractivity contribution in [2.75, 3.05) is 13.2 Å². The number of hydrogen-bond donors (Lipinski definition) is 1. The Bertz CT molecular complexity index is 1810. The molecular formula is C29H29N5O4. The van der Waals surface area contributed by atoms with Crippen LogP contribution in [0.15, 0.2) is 58.5 Å². The van der Waals surface area contributed by atoms with Crippen molar-refractivity contribution in [2.45, 2.75) is 26.8 Å². The van der Waals surface area contributed by atoms with Gasteiger partial charge in [0.25, 0.3) is 11.1 Å². The van der Waals surface area contributed by atoms with Crippen molar-refractivity contribution in [1.82, 2.24) is 23.9 Å². The van der Waals surface area contributed by atoms with Crippen molar-refractivity contribution in [3.8, 4) is 33.9 Å². The van der Waals surface area contributed by atoms with Crippen LogP contribution < -0.4 is 15.9 Å². The van der Waals surface area contributed by atoms with Crippen LogP contribution in [0.25, 0.3) is 33.3 Å². The summed E-state index contributed by atoms with van der Waals surface area (Å²) in [6.07, 6.45) is 5.45. The number of H-pyrrole nitrogens is 1. The van der Waals surface area contributed by atoms with E-state index >= 15 is 0 Å². The van der Waals surface area contributed by atoms with Crippen LogP contribution >= 0.6 is 0 Å². The number of nitrogens with zero attached hydrogens (tertiary/aromatic N) is 4. The van der Waals surface area contributed by atoms with Gasteiger partial charge in [-0.3, -0.25) is 14.3 Å². The topological polar surface area (TPSA) is 96.1 Å².